The quantitative estimate of drug-likeness (QED) is 0.936. The molecule has 0 spiro atoms. The van der Waals surface area contributed by atoms with Crippen molar-refractivity contribution in [3.05, 3.63) is 47.2 Å². The van der Waals surface area contributed by atoms with Gasteiger partial charge in [-0.1, -0.05) is 23.7 Å². The van der Waals surface area contributed by atoms with Crippen LogP contribution < -0.4 is 5.32 Å². The summed E-state index contributed by atoms with van der Waals surface area (Å²) < 4.78 is 0. The third-order valence-corrected chi connectivity index (χ3v) is 3.52. The molecule has 3 rings (SSSR count). The SMILES string of the molecule is O=C(NCc1ccc(Cl)cc1)N1CC(n2nccn2)C1. The van der Waals surface area contributed by atoms with E-state index in [1.165, 1.54) is 0 Å². The maximum Gasteiger partial charge on any atom is 0.317 e. The average Bonchev–Trinajstić information content (AvgIpc) is 2.90. The van der Waals surface area contributed by atoms with E-state index in [-0.39, 0.29) is 12.1 Å². The van der Waals surface area contributed by atoms with Crippen LogP contribution in [0.3, 0.4) is 0 Å². The molecule has 1 aliphatic heterocycles. The van der Waals surface area contributed by atoms with E-state index in [2.05, 4.69) is 15.5 Å². The van der Waals surface area contributed by atoms with Gasteiger partial charge in [0, 0.05) is 24.7 Å². The molecular formula is C13H14ClN5O. The fourth-order valence-electron chi connectivity index (χ4n) is 2.07. The van der Waals surface area contributed by atoms with Gasteiger partial charge in [-0.25, -0.2) is 4.79 Å². The molecule has 0 unspecified atom stereocenters. The standard InChI is InChI=1S/C13H14ClN5O/c14-11-3-1-10(2-4-11)7-15-13(20)18-8-12(9-18)19-16-5-6-17-19/h1-6,12H,7-9H2,(H,15,20). The first-order valence-corrected chi connectivity index (χ1v) is 6.73. The second kappa shape index (κ2) is 5.50. The van der Waals surface area contributed by atoms with Crippen LogP contribution in [-0.2, 0) is 6.54 Å². The van der Waals surface area contributed by atoms with Crippen molar-refractivity contribution in [2.75, 3.05) is 13.1 Å². The van der Waals surface area contributed by atoms with Crippen molar-refractivity contribution >= 4 is 17.6 Å². The van der Waals surface area contributed by atoms with Crippen molar-refractivity contribution in [1.29, 1.82) is 0 Å². The lowest BCUT2D eigenvalue weighted by Gasteiger charge is -2.38. The van der Waals surface area contributed by atoms with E-state index in [1.54, 1.807) is 22.1 Å². The molecule has 1 fully saturated rings. The molecular weight excluding hydrogens is 278 g/mol. The van der Waals surface area contributed by atoms with Crippen LogP contribution in [0.4, 0.5) is 4.79 Å². The fraction of sp³-hybridized carbons (Fsp3) is 0.308. The van der Waals surface area contributed by atoms with Gasteiger partial charge in [0.2, 0.25) is 0 Å². The molecule has 2 aromatic rings. The Morgan fingerprint density at radius 3 is 2.55 bits per heavy atom. The van der Waals surface area contributed by atoms with Gasteiger partial charge in [0.15, 0.2) is 0 Å². The van der Waals surface area contributed by atoms with Crippen molar-refractivity contribution in [2.45, 2.75) is 12.6 Å². The van der Waals surface area contributed by atoms with Gasteiger partial charge in [0.25, 0.3) is 0 Å². The largest absolute Gasteiger partial charge is 0.334 e. The van der Waals surface area contributed by atoms with E-state index in [1.807, 2.05) is 24.3 Å². The molecule has 20 heavy (non-hydrogen) atoms. The van der Waals surface area contributed by atoms with E-state index >= 15 is 0 Å². The van der Waals surface area contributed by atoms with Gasteiger partial charge in [-0.15, -0.1) is 0 Å². The van der Waals surface area contributed by atoms with Crippen molar-refractivity contribution in [1.82, 2.24) is 25.2 Å². The Morgan fingerprint density at radius 2 is 1.90 bits per heavy atom. The number of urea groups is 1. The van der Waals surface area contributed by atoms with Gasteiger partial charge in [-0.3, -0.25) is 0 Å². The Morgan fingerprint density at radius 1 is 1.25 bits per heavy atom. The summed E-state index contributed by atoms with van der Waals surface area (Å²) in [5.41, 5.74) is 1.02. The van der Waals surface area contributed by atoms with Crippen molar-refractivity contribution in [3.63, 3.8) is 0 Å². The highest BCUT2D eigenvalue weighted by molar-refractivity contribution is 6.30. The van der Waals surface area contributed by atoms with Gasteiger partial charge in [0.1, 0.15) is 6.04 Å². The first kappa shape index (κ1) is 12.9. The average molecular weight is 292 g/mol. The van der Waals surface area contributed by atoms with Gasteiger partial charge < -0.3 is 10.2 Å². The Hall–Kier alpha value is -2.08. The van der Waals surface area contributed by atoms with Gasteiger partial charge in [0.05, 0.1) is 12.4 Å². The summed E-state index contributed by atoms with van der Waals surface area (Å²) in [6, 6.07) is 7.54. The zero-order chi connectivity index (χ0) is 13.9. The third kappa shape index (κ3) is 2.75. The summed E-state index contributed by atoms with van der Waals surface area (Å²) in [4.78, 5) is 15.3. The Balaban J connectivity index is 1.46. The molecule has 1 aromatic heterocycles. The zero-order valence-electron chi connectivity index (χ0n) is 10.7. The number of nitrogens with one attached hydrogen (secondary N) is 1. The summed E-state index contributed by atoms with van der Waals surface area (Å²) in [6.45, 7) is 1.78. The van der Waals surface area contributed by atoms with Crippen LogP contribution in [-0.4, -0.2) is 39.0 Å². The number of amides is 2. The van der Waals surface area contributed by atoms with Crippen LogP contribution in [0.25, 0.3) is 0 Å². The van der Waals surface area contributed by atoms with Crippen molar-refractivity contribution < 1.29 is 4.79 Å². The number of nitrogens with zero attached hydrogens (tertiary/aromatic N) is 4. The third-order valence-electron chi connectivity index (χ3n) is 3.27. The maximum absolute atomic E-state index is 11.9. The van der Waals surface area contributed by atoms with E-state index in [0.29, 0.717) is 24.7 Å². The number of benzene rings is 1. The van der Waals surface area contributed by atoms with E-state index in [4.69, 9.17) is 11.6 Å². The van der Waals surface area contributed by atoms with Crippen LogP contribution in [0.5, 0.6) is 0 Å². The minimum atomic E-state index is -0.0663. The van der Waals surface area contributed by atoms with Crippen LogP contribution in [0.2, 0.25) is 5.02 Å². The minimum Gasteiger partial charge on any atom is -0.334 e. The Labute approximate surface area is 121 Å². The molecule has 0 saturated carbocycles. The van der Waals surface area contributed by atoms with Crippen LogP contribution in [0, 0.1) is 0 Å². The summed E-state index contributed by atoms with van der Waals surface area (Å²) >= 11 is 5.81. The lowest BCUT2D eigenvalue weighted by molar-refractivity contribution is 0.110. The maximum atomic E-state index is 11.9. The molecule has 1 saturated heterocycles. The number of halogens is 1. The number of hydrogen-bond donors (Lipinski definition) is 1. The second-order valence-electron chi connectivity index (χ2n) is 4.69. The highest BCUT2D eigenvalue weighted by Gasteiger charge is 2.32. The molecule has 2 amide bonds. The number of aromatic nitrogens is 3. The predicted octanol–water partition coefficient (Wildman–Crippen LogP) is 1.70. The highest BCUT2D eigenvalue weighted by atomic mass is 35.5. The number of carbonyl (C=O) groups excluding carboxylic acids is 1. The molecule has 1 aliphatic rings. The lowest BCUT2D eigenvalue weighted by Crippen LogP contribution is -2.54. The Kier molecular flexibility index (Phi) is 3.56. The molecule has 0 radical (unpaired) electrons. The first-order valence-electron chi connectivity index (χ1n) is 6.35. The molecule has 0 bridgehead atoms. The predicted molar refractivity (Wildman–Crippen MR) is 74.3 cm³/mol. The highest BCUT2D eigenvalue weighted by Crippen LogP contribution is 2.19. The van der Waals surface area contributed by atoms with Gasteiger partial charge in [-0.05, 0) is 17.7 Å². The number of likely N-dealkylation sites (tertiary alicyclic amines) is 1. The minimum absolute atomic E-state index is 0.0663. The number of hydrogen-bond acceptors (Lipinski definition) is 3. The smallest absolute Gasteiger partial charge is 0.317 e. The monoisotopic (exact) mass is 291 g/mol. The zero-order valence-corrected chi connectivity index (χ0v) is 11.5. The summed E-state index contributed by atoms with van der Waals surface area (Å²) in [5.74, 6) is 0. The van der Waals surface area contributed by atoms with E-state index in [0.717, 1.165) is 5.56 Å². The summed E-state index contributed by atoms with van der Waals surface area (Å²) in [6.07, 6.45) is 3.28. The Bertz CT molecular complexity index is 577. The normalized spacial score (nSPS) is 14.9. The van der Waals surface area contributed by atoms with Crippen LogP contribution in [0.15, 0.2) is 36.7 Å². The number of carbonyl (C=O) groups is 1. The first-order chi connectivity index (χ1) is 9.72. The van der Waals surface area contributed by atoms with Gasteiger partial charge in [-0.2, -0.15) is 15.0 Å². The van der Waals surface area contributed by atoms with Gasteiger partial charge >= 0.3 is 6.03 Å². The topological polar surface area (TPSA) is 63.1 Å². The number of rotatable bonds is 3. The summed E-state index contributed by atoms with van der Waals surface area (Å²) in [5, 5.41) is 11.7. The molecule has 0 atom stereocenters. The molecule has 1 aromatic carbocycles. The van der Waals surface area contributed by atoms with Crippen LogP contribution in [0.1, 0.15) is 11.6 Å². The van der Waals surface area contributed by atoms with E-state index in [9.17, 15) is 4.79 Å². The molecule has 2 heterocycles. The molecule has 104 valence electrons. The van der Waals surface area contributed by atoms with Crippen LogP contribution >= 0.6 is 11.6 Å². The lowest BCUT2D eigenvalue weighted by atomic mass is 10.1. The second-order valence-corrected chi connectivity index (χ2v) is 5.13. The molecule has 7 heteroatoms. The fourth-order valence-corrected chi connectivity index (χ4v) is 2.20. The van der Waals surface area contributed by atoms with Crippen molar-refractivity contribution in [2.24, 2.45) is 0 Å². The molecule has 0 aliphatic carbocycles. The van der Waals surface area contributed by atoms with Crippen molar-refractivity contribution in [3.8, 4) is 0 Å². The van der Waals surface area contributed by atoms with E-state index < -0.39 is 0 Å². The summed E-state index contributed by atoms with van der Waals surface area (Å²) in [7, 11) is 0. The molecule has 6 nitrogen and oxygen atoms in total. The molecule has 1 N–H and O–H groups in total.